The van der Waals surface area contributed by atoms with Gasteiger partial charge in [0, 0.05) is 0 Å². The highest BCUT2D eigenvalue weighted by atomic mass is 19.4. The van der Waals surface area contributed by atoms with Crippen LogP contribution in [0.4, 0.5) is 26.3 Å². The van der Waals surface area contributed by atoms with Crippen LogP contribution in [0.1, 0.15) is 22.8 Å². The van der Waals surface area contributed by atoms with Gasteiger partial charge in [0.2, 0.25) is 0 Å². The van der Waals surface area contributed by atoms with Crippen molar-refractivity contribution < 1.29 is 35.9 Å². The molecule has 2 nitrogen and oxygen atoms in total. The molecule has 0 fully saturated rings. The molecule has 0 amide bonds. The van der Waals surface area contributed by atoms with Crippen LogP contribution in [0.3, 0.4) is 0 Å². The molecule has 100 valence electrons. The molecule has 0 aliphatic rings. The van der Waals surface area contributed by atoms with Crippen LogP contribution in [-0.4, -0.2) is 12.4 Å². The summed E-state index contributed by atoms with van der Waals surface area (Å²) < 4.78 is 77.9. The predicted molar refractivity (Wildman–Crippen MR) is 48.0 cm³/mol. The van der Waals surface area contributed by atoms with Crippen molar-refractivity contribution in [3.8, 4) is 5.75 Å². The zero-order chi connectivity index (χ0) is 14.1. The van der Waals surface area contributed by atoms with Gasteiger partial charge in [-0.3, -0.25) is 4.79 Å². The van der Waals surface area contributed by atoms with Gasteiger partial charge in [-0.2, -0.15) is 22.0 Å². The number of benzene rings is 1. The molecule has 1 aromatic rings. The Labute approximate surface area is 97.2 Å². The first-order chi connectivity index (χ1) is 8.12. The van der Waals surface area contributed by atoms with Crippen LogP contribution < -0.4 is 4.74 Å². The van der Waals surface area contributed by atoms with Crippen molar-refractivity contribution >= 4 is 5.78 Å². The highest BCUT2D eigenvalue weighted by Gasteiger charge is 2.33. The first-order valence-corrected chi connectivity index (χ1v) is 4.49. The van der Waals surface area contributed by atoms with Gasteiger partial charge in [-0.1, -0.05) is 0 Å². The Morgan fingerprint density at radius 2 is 1.83 bits per heavy atom. The fourth-order valence-electron chi connectivity index (χ4n) is 1.23. The molecule has 0 saturated carbocycles. The van der Waals surface area contributed by atoms with E-state index in [1.54, 1.807) is 0 Å². The summed E-state index contributed by atoms with van der Waals surface area (Å²) in [5.74, 6) is -3.88. The number of halogens is 6. The second-order valence-corrected chi connectivity index (χ2v) is 3.27. The van der Waals surface area contributed by atoms with Crippen LogP contribution in [0.15, 0.2) is 12.1 Å². The van der Waals surface area contributed by atoms with Crippen molar-refractivity contribution in [1.82, 2.24) is 0 Å². The van der Waals surface area contributed by atoms with E-state index in [0.29, 0.717) is 0 Å². The molecule has 8 heteroatoms. The minimum absolute atomic E-state index is 0.00977. The highest BCUT2D eigenvalue weighted by molar-refractivity contribution is 5.97. The molecule has 0 unspecified atom stereocenters. The number of Topliss-reactive ketones (excluding diaryl/α,β-unsaturated/α-hetero) is 1. The lowest BCUT2D eigenvalue weighted by Crippen LogP contribution is -2.12. The van der Waals surface area contributed by atoms with Gasteiger partial charge in [-0.25, -0.2) is 4.39 Å². The lowest BCUT2D eigenvalue weighted by molar-refractivity contribution is -0.137. The number of ketones is 1. The minimum atomic E-state index is -4.89. The lowest BCUT2D eigenvalue weighted by atomic mass is 10.1. The summed E-state index contributed by atoms with van der Waals surface area (Å²) in [5.41, 5.74) is -2.34. The molecular weight excluding hydrogens is 266 g/mol. The summed E-state index contributed by atoms with van der Waals surface area (Å²) in [4.78, 5) is 11.0. The summed E-state index contributed by atoms with van der Waals surface area (Å²) in [6.07, 6.45) is -4.89. The number of hydrogen-bond donors (Lipinski definition) is 0. The zero-order valence-electron chi connectivity index (χ0n) is 8.82. The lowest BCUT2D eigenvalue weighted by Gasteiger charge is -2.13. The van der Waals surface area contributed by atoms with Crippen molar-refractivity contribution in [2.75, 3.05) is 0 Å². The molecular formula is C10H6F6O2. The Bertz CT molecular complexity index is 466. The van der Waals surface area contributed by atoms with Gasteiger partial charge in [0.25, 0.3) is 0 Å². The third-order valence-corrected chi connectivity index (χ3v) is 1.96. The van der Waals surface area contributed by atoms with E-state index in [1.165, 1.54) is 0 Å². The van der Waals surface area contributed by atoms with E-state index in [4.69, 9.17) is 0 Å². The summed E-state index contributed by atoms with van der Waals surface area (Å²) in [5, 5.41) is 0. The molecule has 0 aromatic heterocycles. The summed E-state index contributed by atoms with van der Waals surface area (Å²) >= 11 is 0. The second kappa shape index (κ2) is 4.87. The third-order valence-electron chi connectivity index (χ3n) is 1.96. The van der Waals surface area contributed by atoms with Gasteiger partial charge in [0.05, 0.1) is 11.1 Å². The van der Waals surface area contributed by atoms with Gasteiger partial charge >= 0.3 is 12.8 Å². The van der Waals surface area contributed by atoms with E-state index in [0.717, 1.165) is 6.92 Å². The molecule has 0 heterocycles. The number of carbonyl (C=O) groups excluding carboxylic acids is 1. The van der Waals surface area contributed by atoms with Crippen LogP contribution in [0.2, 0.25) is 0 Å². The topological polar surface area (TPSA) is 26.3 Å². The zero-order valence-corrected chi connectivity index (χ0v) is 8.82. The molecule has 0 aliphatic heterocycles. The molecule has 0 N–H and O–H groups in total. The van der Waals surface area contributed by atoms with Crippen LogP contribution >= 0.6 is 0 Å². The maximum absolute atomic E-state index is 13.3. The summed E-state index contributed by atoms with van der Waals surface area (Å²) in [6, 6.07) is 0.257. The van der Waals surface area contributed by atoms with E-state index < -0.39 is 41.3 Å². The first-order valence-electron chi connectivity index (χ1n) is 4.49. The Hall–Kier alpha value is -1.73. The monoisotopic (exact) mass is 272 g/mol. The van der Waals surface area contributed by atoms with Gasteiger partial charge in [0.1, 0.15) is 0 Å². The van der Waals surface area contributed by atoms with Crippen molar-refractivity contribution in [2.45, 2.75) is 19.7 Å². The molecule has 0 spiro atoms. The van der Waals surface area contributed by atoms with Gasteiger partial charge < -0.3 is 4.74 Å². The average molecular weight is 272 g/mol. The van der Waals surface area contributed by atoms with Crippen LogP contribution in [-0.2, 0) is 6.18 Å². The molecule has 0 radical (unpaired) electrons. The van der Waals surface area contributed by atoms with E-state index in [2.05, 4.69) is 4.74 Å². The Balaban J connectivity index is 3.41. The number of rotatable bonds is 3. The maximum Gasteiger partial charge on any atom is 0.416 e. The summed E-state index contributed by atoms with van der Waals surface area (Å²) in [6.45, 7) is -2.64. The van der Waals surface area contributed by atoms with Crippen LogP contribution in [0.5, 0.6) is 5.75 Å². The number of hydrogen-bond acceptors (Lipinski definition) is 2. The van der Waals surface area contributed by atoms with Crippen LogP contribution in [0.25, 0.3) is 0 Å². The van der Waals surface area contributed by atoms with Crippen molar-refractivity contribution in [1.29, 1.82) is 0 Å². The number of ether oxygens (including phenoxy) is 1. The van der Waals surface area contributed by atoms with Gasteiger partial charge in [-0.05, 0) is 19.1 Å². The van der Waals surface area contributed by atoms with E-state index >= 15 is 0 Å². The predicted octanol–water partition coefficient (Wildman–Crippen LogP) is 3.65. The normalized spacial score (nSPS) is 11.8. The largest absolute Gasteiger partial charge is 0.431 e. The molecule has 0 atom stereocenters. The van der Waals surface area contributed by atoms with Gasteiger partial charge in [0.15, 0.2) is 17.3 Å². The van der Waals surface area contributed by atoms with Crippen molar-refractivity contribution in [3.63, 3.8) is 0 Å². The van der Waals surface area contributed by atoms with E-state index in [1.807, 2.05) is 0 Å². The molecule has 0 saturated heterocycles. The number of alkyl halides is 5. The van der Waals surface area contributed by atoms with Crippen molar-refractivity contribution in [3.05, 3.63) is 29.1 Å². The van der Waals surface area contributed by atoms with E-state index in [9.17, 15) is 31.1 Å². The molecule has 0 aliphatic carbocycles. The quantitative estimate of drug-likeness (QED) is 0.620. The standard InChI is InChI=1S/C10H6F6O2/c1-4(17)6-2-5(10(14,15)16)3-7(11)8(6)18-9(12)13/h2-3,9H,1H3. The highest BCUT2D eigenvalue weighted by Crippen LogP contribution is 2.35. The SMILES string of the molecule is CC(=O)c1cc(C(F)(F)F)cc(F)c1OC(F)F. The van der Waals surface area contributed by atoms with Crippen molar-refractivity contribution in [2.24, 2.45) is 0 Å². The molecule has 1 rings (SSSR count). The summed E-state index contributed by atoms with van der Waals surface area (Å²) in [7, 11) is 0. The maximum atomic E-state index is 13.3. The first kappa shape index (κ1) is 14.3. The Kier molecular flexibility index (Phi) is 3.88. The molecule has 0 bridgehead atoms. The number of carbonyl (C=O) groups is 1. The van der Waals surface area contributed by atoms with Crippen LogP contribution in [0, 0.1) is 5.82 Å². The average Bonchev–Trinajstić information content (AvgIpc) is 2.17. The fraction of sp³-hybridized carbons (Fsp3) is 0.300. The second-order valence-electron chi connectivity index (χ2n) is 3.27. The molecule has 18 heavy (non-hydrogen) atoms. The smallest absolute Gasteiger partial charge is 0.416 e. The minimum Gasteiger partial charge on any atom is -0.431 e. The van der Waals surface area contributed by atoms with E-state index in [-0.39, 0.29) is 12.1 Å². The Morgan fingerprint density at radius 3 is 2.22 bits per heavy atom. The third kappa shape index (κ3) is 3.14. The molecule has 1 aromatic carbocycles. The van der Waals surface area contributed by atoms with Gasteiger partial charge in [-0.15, -0.1) is 0 Å². The fourth-order valence-corrected chi connectivity index (χ4v) is 1.23. The Morgan fingerprint density at radius 1 is 1.28 bits per heavy atom.